The van der Waals surface area contributed by atoms with Crippen LogP contribution >= 0.6 is 15.9 Å². The van der Waals surface area contributed by atoms with Crippen molar-refractivity contribution in [1.29, 1.82) is 0 Å². The second kappa shape index (κ2) is 4.17. The third kappa shape index (κ3) is 2.04. The highest BCUT2D eigenvalue weighted by Gasteiger charge is 2.43. The standard InChI is InChI=1S/C14H7BrF2N2O2/c15-8-4-9-10(6-19-13(9)18-5-8)7-1-2-11-12(3-7)21-14(16,17)20-11/h1-6H,(H,18,19). The molecule has 0 bridgehead atoms. The second-order valence-electron chi connectivity index (χ2n) is 4.58. The van der Waals surface area contributed by atoms with Crippen LogP contribution in [0.2, 0.25) is 0 Å². The van der Waals surface area contributed by atoms with Crippen molar-refractivity contribution in [1.82, 2.24) is 9.97 Å². The average Bonchev–Trinajstić information content (AvgIpc) is 2.96. The molecule has 1 aliphatic heterocycles. The summed E-state index contributed by atoms with van der Waals surface area (Å²) in [5.41, 5.74) is 2.30. The van der Waals surface area contributed by atoms with E-state index in [1.165, 1.54) is 12.1 Å². The lowest BCUT2D eigenvalue weighted by molar-refractivity contribution is -0.286. The summed E-state index contributed by atoms with van der Waals surface area (Å²) in [6, 6.07) is 6.61. The number of halogens is 3. The number of hydrogen-bond acceptors (Lipinski definition) is 3. The summed E-state index contributed by atoms with van der Waals surface area (Å²) in [4.78, 5) is 7.29. The molecule has 1 aromatic carbocycles. The summed E-state index contributed by atoms with van der Waals surface area (Å²) in [5, 5.41) is 0.884. The minimum Gasteiger partial charge on any atom is -0.395 e. The predicted octanol–water partition coefficient (Wildman–Crippen LogP) is 4.31. The number of nitrogens with zero attached hydrogens (tertiary/aromatic N) is 1. The van der Waals surface area contributed by atoms with Crippen LogP contribution in [0.3, 0.4) is 0 Å². The molecular weight excluding hydrogens is 346 g/mol. The van der Waals surface area contributed by atoms with Gasteiger partial charge in [-0.1, -0.05) is 6.07 Å². The Hall–Kier alpha value is -2.15. The third-order valence-electron chi connectivity index (χ3n) is 3.21. The average molecular weight is 353 g/mol. The Kier molecular flexibility index (Phi) is 2.50. The molecule has 3 heterocycles. The molecule has 0 saturated carbocycles. The van der Waals surface area contributed by atoms with Crippen LogP contribution in [0, 0.1) is 0 Å². The Labute approximate surface area is 125 Å². The van der Waals surface area contributed by atoms with Gasteiger partial charge in [0, 0.05) is 27.8 Å². The minimum atomic E-state index is -3.61. The van der Waals surface area contributed by atoms with Gasteiger partial charge in [0.15, 0.2) is 11.5 Å². The number of aromatic nitrogens is 2. The molecule has 1 aliphatic rings. The number of H-pyrrole nitrogens is 1. The van der Waals surface area contributed by atoms with Gasteiger partial charge in [-0.15, -0.1) is 8.78 Å². The third-order valence-corrected chi connectivity index (χ3v) is 3.64. The molecule has 3 aromatic rings. The van der Waals surface area contributed by atoms with Gasteiger partial charge in [0.05, 0.1) is 0 Å². The van der Waals surface area contributed by atoms with Crippen molar-refractivity contribution in [3.8, 4) is 22.6 Å². The van der Waals surface area contributed by atoms with E-state index in [0.29, 0.717) is 0 Å². The Morgan fingerprint density at radius 2 is 1.95 bits per heavy atom. The summed E-state index contributed by atoms with van der Waals surface area (Å²) in [5.74, 6) is 0.0534. The zero-order valence-electron chi connectivity index (χ0n) is 10.4. The highest BCUT2D eigenvalue weighted by molar-refractivity contribution is 9.10. The first-order valence-electron chi connectivity index (χ1n) is 6.05. The number of ether oxygens (including phenoxy) is 2. The molecule has 0 radical (unpaired) electrons. The Balaban J connectivity index is 1.85. The molecule has 0 aliphatic carbocycles. The molecule has 4 nitrogen and oxygen atoms in total. The first kappa shape index (κ1) is 12.6. The van der Waals surface area contributed by atoms with Crippen molar-refractivity contribution in [2.24, 2.45) is 0 Å². The van der Waals surface area contributed by atoms with Crippen LogP contribution in [0.1, 0.15) is 0 Å². The molecule has 0 atom stereocenters. The first-order valence-corrected chi connectivity index (χ1v) is 6.84. The molecule has 106 valence electrons. The van der Waals surface area contributed by atoms with Gasteiger partial charge in [0.1, 0.15) is 5.65 Å². The Morgan fingerprint density at radius 3 is 2.81 bits per heavy atom. The molecule has 21 heavy (non-hydrogen) atoms. The van der Waals surface area contributed by atoms with Gasteiger partial charge >= 0.3 is 6.29 Å². The maximum Gasteiger partial charge on any atom is 0.586 e. The number of benzene rings is 1. The van der Waals surface area contributed by atoms with Gasteiger partial charge in [-0.2, -0.15) is 0 Å². The molecule has 2 aromatic heterocycles. The van der Waals surface area contributed by atoms with Crippen molar-refractivity contribution in [3.05, 3.63) is 41.1 Å². The van der Waals surface area contributed by atoms with E-state index in [1.54, 1.807) is 18.5 Å². The minimum absolute atomic E-state index is 0.0230. The summed E-state index contributed by atoms with van der Waals surface area (Å²) >= 11 is 3.37. The van der Waals surface area contributed by atoms with Gasteiger partial charge in [0.25, 0.3) is 0 Å². The normalized spacial score (nSPS) is 15.6. The molecule has 1 N–H and O–H groups in total. The molecule has 0 fully saturated rings. The number of fused-ring (bicyclic) bond motifs is 2. The van der Waals surface area contributed by atoms with Crippen LogP contribution in [-0.2, 0) is 0 Å². The maximum atomic E-state index is 13.1. The smallest absolute Gasteiger partial charge is 0.395 e. The number of rotatable bonds is 1. The molecule has 7 heteroatoms. The van der Waals surface area contributed by atoms with E-state index in [0.717, 1.165) is 26.6 Å². The van der Waals surface area contributed by atoms with Crippen molar-refractivity contribution < 1.29 is 18.3 Å². The van der Waals surface area contributed by atoms with Crippen LogP contribution < -0.4 is 9.47 Å². The van der Waals surface area contributed by atoms with Crippen molar-refractivity contribution in [2.75, 3.05) is 0 Å². The second-order valence-corrected chi connectivity index (χ2v) is 5.50. The van der Waals surface area contributed by atoms with Crippen molar-refractivity contribution in [2.45, 2.75) is 6.29 Å². The number of aromatic amines is 1. The summed E-state index contributed by atoms with van der Waals surface area (Å²) in [6.45, 7) is 0. The van der Waals surface area contributed by atoms with Crippen LogP contribution in [0.25, 0.3) is 22.2 Å². The molecular formula is C14H7BrF2N2O2. The van der Waals surface area contributed by atoms with Gasteiger partial charge in [-0.3, -0.25) is 0 Å². The lowest BCUT2D eigenvalue weighted by Gasteiger charge is -2.04. The highest BCUT2D eigenvalue weighted by atomic mass is 79.9. The summed E-state index contributed by atoms with van der Waals surface area (Å²) < 4.78 is 35.8. The fraction of sp³-hybridized carbons (Fsp3) is 0.0714. The van der Waals surface area contributed by atoms with Gasteiger partial charge in [-0.25, -0.2) is 4.98 Å². The molecule has 0 amide bonds. The quantitative estimate of drug-likeness (QED) is 0.709. The van der Waals surface area contributed by atoms with E-state index in [9.17, 15) is 8.78 Å². The van der Waals surface area contributed by atoms with E-state index in [4.69, 9.17) is 0 Å². The van der Waals surface area contributed by atoms with Crippen molar-refractivity contribution >= 4 is 27.0 Å². The molecule has 4 rings (SSSR count). The van der Waals surface area contributed by atoms with Crippen molar-refractivity contribution in [3.63, 3.8) is 0 Å². The molecule has 0 unspecified atom stereocenters. The predicted molar refractivity (Wildman–Crippen MR) is 75.4 cm³/mol. The topological polar surface area (TPSA) is 47.1 Å². The Bertz CT molecular complexity index is 863. The van der Waals surface area contributed by atoms with Gasteiger partial charge in [0.2, 0.25) is 0 Å². The molecule has 0 saturated heterocycles. The van der Waals surface area contributed by atoms with Crippen LogP contribution in [0.4, 0.5) is 8.78 Å². The SMILES string of the molecule is FC1(F)Oc2ccc(-c3c[nH]c4ncc(Br)cc34)cc2O1. The first-order chi connectivity index (χ1) is 10.0. The largest absolute Gasteiger partial charge is 0.586 e. The highest BCUT2D eigenvalue weighted by Crippen LogP contribution is 2.43. The van der Waals surface area contributed by atoms with Crippen LogP contribution in [0.5, 0.6) is 11.5 Å². The zero-order valence-corrected chi connectivity index (χ0v) is 11.9. The lowest BCUT2D eigenvalue weighted by atomic mass is 10.1. The summed E-state index contributed by atoms with van der Waals surface area (Å²) in [7, 11) is 0. The number of alkyl halides is 2. The van der Waals surface area contributed by atoms with Crippen LogP contribution in [-0.4, -0.2) is 16.3 Å². The van der Waals surface area contributed by atoms with E-state index in [-0.39, 0.29) is 11.5 Å². The van der Waals surface area contributed by atoms with Gasteiger partial charge in [-0.05, 0) is 39.7 Å². The monoisotopic (exact) mass is 352 g/mol. The lowest BCUT2D eigenvalue weighted by Crippen LogP contribution is -2.25. The maximum absolute atomic E-state index is 13.1. The van der Waals surface area contributed by atoms with E-state index < -0.39 is 6.29 Å². The summed E-state index contributed by atoms with van der Waals surface area (Å²) in [6.07, 6.45) is -0.144. The number of pyridine rings is 1. The fourth-order valence-corrected chi connectivity index (χ4v) is 2.66. The Morgan fingerprint density at radius 1 is 1.14 bits per heavy atom. The number of hydrogen-bond donors (Lipinski definition) is 1. The fourth-order valence-electron chi connectivity index (χ4n) is 2.33. The van der Waals surface area contributed by atoms with E-state index >= 15 is 0 Å². The number of nitrogens with one attached hydrogen (secondary N) is 1. The van der Waals surface area contributed by atoms with Gasteiger partial charge < -0.3 is 14.5 Å². The van der Waals surface area contributed by atoms with E-state index in [2.05, 4.69) is 35.4 Å². The molecule has 0 spiro atoms. The zero-order chi connectivity index (χ0) is 14.6. The van der Waals surface area contributed by atoms with E-state index in [1.807, 2.05) is 6.07 Å². The van der Waals surface area contributed by atoms with Crippen LogP contribution in [0.15, 0.2) is 41.1 Å².